The van der Waals surface area contributed by atoms with Crippen molar-refractivity contribution in [3.8, 4) is 11.5 Å². The molecule has 0 amide bonds. The third kappa shape index (κ3) is 4.96. The van der Waals surface area contributed by atoms with E-state index in [0.717, 1.165) is 42.7 Å². The molecule has 0 fully saturated rings. The Kier molecular flexibility index (Phi) is 7.07. The molecule has 1 atom stereocenters. The first kappa shape index (κ1) is 18.3. The van der Waals surface area contributed by atoms with Gasteiger partial charge in [-0.15, -0.1) is 0 Å². The molecule has 3 nitrogen and oxygen atoms in total. The van der Waals surface area contributed by atoms with Gasteiger partial charge in [0, 0.05) is 11.5 Å². The van der Waals surface area contributed by atoms with Crippen molar-refractivity contribution >= 4 is 0 Å². The van der Waals surface area contributed by atoms with E-state index in [1.165, 1.54) is 12.1 Å². The van der Waals surface area contributed by atoms with Gasteiger partial charge < -0.3 is 15.2 Å². The van der Waals surface area contributed by atoms with E-state index in [0.29, 0.717) is 12.3 Å². The average Bonchev–Trinajstić information content (AvgIpc) is 2.61. The van der Waals surface area contributed by atoms with E-state index in [1.807, 2.05) is 24.3 Å². The van der Waals surface area contributed by atoms with Crippen molar-refractivity contribution in [2.45, 2.75) is 32.1 Å². The van der Waals surface area contributed by atoms with Crippen LogP contribution >= 0.6 is 0 Å². The number of methoxy groups -OCH3 is 1. The maximum absolute atomic E-state index is 13.6. The average molecular weight is 331 g/mol. The Balaban J connectivity index is 2.09. The summed E-state index contributed by atoms with van der Waals surface area (Å²) in [5, 5.41) is 0. The third-order valence-corrected chi connectivity index (χ3v) is 4.09. The molecule has 0 heterocycles. The van der Waals surface area contributed by atoms with Gasteiger partial charge >= 0.3 is 0 Å². The molecule has 1 unspecified atom stereocenters. The summed E-state index contributed by atoms with van der Waals surface area (Å²) in [5.74, 6) is 1.28. The van der Waals surface area contributed by atoms with Gasteiger partial charge in [-0.2, -0.15) is 0 Å². The van der Waals surface area contributed by atoms with Crippen LogP contribution < -0.4 is 15.2 Å². The Labute approximate surface area is 143 Å². The Hall–Kier alpha value is -2.07. The number of ether oxygens (including phenoxy) is 2. The molecule has 2 N–H and O–H groups in total. The first-order chi connectivity index (χ1) is 11.7. The normalized spacial score (nSPS) is 12.0. The first-order valence-corrected chi connectivity index (χ1v) is 8.43. The molecule has 0 bridgehead atoms. The summed E-state index contributed by atoms with van der Waals surface area (Å²) >= 11 is 0. The summed E-state index contributed by atoms with van der Waals surface area (Å²) in [6.45, 7) is 3.30. The first-order valence-electron chi connectivity index (χ1n) is 8.43. The minimum atomic E-state index is -0.274. The van der Waals surface area contributed by atoms with Gasteiger partial charge in [-0.3, -0.25) is 0 Å². The Morgan fingerprint density at radius 3 is 2.50 bits per heavy atom. The van der Waals surface area contributed by atoms with Crippen LogP contribution in [-0.4, -0.2) is 20.3 Å². The highest BCUT2D eigenvalue weighted by Gasteiger charge is 2.16. The van der Waals surface area contributed by atoms with Crippen molar-refractivity contribution in [2.24, 2.45) is 5.73 Å². The van der Waals surface area contributed by atoms with Gasteiger partial charge in [0.25, 0.3) is 0 Å². The summed E-state index contributed by atoms with van der Waals surface area (Å²) in [5.41, 5.74) is 7.88. The molecule has 2 rings (SSSR count). The van der Waals surface area contributed by atoms with E-state index in [1.54, 1.807) is 13.2 Å². The maximum Gasteiger partial charge on any atom is 0.123 e. The van der Waals surface area contributed by atoms with Gasteiger partial charge in [-0.1, -0.05) is 25.5 Å². The summed E-state index contributed by atoms with van der Waals surface area (Å²) in [6.07, 6.45) is 2.90. The fraction of sp³-hybridized carbons (Fsp3) is 0.400. The second kappa shape index (κ2) is 9.28. The van der Waals surface area contributed by atoms with Crippen molar-refractivity contribution in [1.29, 1.82) is 0 Å². The molecule has 0 spiro atoms. The van der Waals surface area contributed by atoms with Crippen LogP contribution in [0.2, 0.25) is 0 Å². The molecule has 0 saturated carbocycles. The molecule has 0 aliphatic heterocycles. The van der Waals surface area contributed by atoms with Gasteiger partial charge in [-0.05, 0) is 55.3 Å². The lowest BCUT2D eigenvalue weighted by Gasteiger charge is -2.19. The van der Waals surface area contributed by atoms with Crippen molar-refractivity contribution < 1.29 is 13.9 Å². The predicted octanol–water partition coefficient (Wildman–Crippen LogP) is 4.30. The summed E-state index contributed by atoms with van der Waals surface area (Å²) in [4.78, 5) is 0. The summed E-state index contributed by atoms with van der Waals surface area (Å²) < 4.78 is 24.6. The monoisotopic (exact) mass is 331 g/mol. The standard InChI is InChI=1S/C20H26FNO2/c1-3-4-11-24-18-8-5-15(6-9-18)12-16(14-22)19-13-17(21)7-10-20(19)23-2/h5-10,13,16H,3-4,11-12,14,22H2,1-2H3. The number of unbranched alkanes of at least 4 members (excludes halogenated alkanes) is 1. The highest BCUT2D eigenvalue weighted by molar-refractivity contribution is 5.38. The molecule has 0 saturated heterocycles. The molecule has 24 heavy (non-hydrogen) atoms. The molecule has 4 heteroatoms. The minimum absolute atomic E-state index is 0.00232. The fourth-order valence-corrected chi connectivity index (χ4v) is 2.69. The van der Waals surface area contributed by atoms with Crippen molar-refractivity contribution in [1.82, 2.24) is 0 Å². The maximum atomic E-state index is 13.6. The largest absolute Gasteiger partial charge is 0.496 e. The van der Waals surface area contributed by atoms with Crippen LogP contribution in [-0.2, 0) is 6.42 Å². The molecular weight excluding hydrogens is 305 g/mol. The smallest absolute Gasteiger partial charge is 0.123 e. The van der Waals surface area contributed by atoms with Crippen molar-refractivity contribution in [3.05, 3.63) is 59.4 Å². The molecule has 0 aliphatic carbocycles. The number of hydrogen-bond acceptors (Lipinski definition) is 3. The quantitative estimate of drug-likeness (QED) is 0.697. The number of rotatable bonds is 9. The van der Waals surface area contributed by atoms with Gasteiger partial charge in [-0.25, -0.2) is 4.39 Å². The van der Waals surface area contributed by atoms with E-state index in [9.17, 15) is 4.39 Å². The molecule has 0 radical (unpaired) electrons. The van der Waals surface area contributed by atoms with E-state index >= 15 is 0 Å². The molecule has 0 aromatic heterocycles. The fourth-order valence-electron chi connectivity index (χ4n) is 2.69. The number of halogens is 1. The predicted molar refractivity (Wildman–Crippen MR) is 95.3 cm³/mol. The molecule has 130 valence electrons. The lowest BCUT2D eigenvalue weighted by atomic mass is 9.91. The summed E-state index contributed by atoms with van der Waals surface area (Å²) in [7, 11) is 1.59. The van der Waals surface area contributed by atoms with E-state index in [-0.39, 0.29) is 11.7 Å². The topological polar surface area (TPSA) is 44.5 Å². The molecule has 2 aromatic carbocycles. The van der Waals surface area contributed by atoms with Crippen LogP contribution in [0.3, 0.4) is 0 Å². The summed E-state index contributed by atoms with van der Waals surface area (Å²) in [6, 6.07) is 12.6. The van der Waals surface area contributed by atoms with Crippen molar-refractivity contribution in [3.63, 3.8) is 0 Å². The van der Waals surface area contributed by atoms with Crippen LogP contribution in [0.25, 0.3) is 0 Å². The van der Waals surface area contributed by atoms with Gasteiger partial charge in [0.15, 0.2) is 0 Å². The second-order valence-electron chi connectivity index (χ2n) is 5.87. The van der Waals surface area contributed by atoms with Crippen LogP contribution in [0.1, 0.15) is 36.8 Å². The van der Waals surface area contributed by atoms with Gasteiger partial charge in [0.1, 0.15) is 17.3 Å². The van der Waals surface area contributed by atoms with E-state index < -0.39 is 0 Å². The van der Waals surface area contributed by atoms with Crippen LogP contribution in [0.4, 0.5) is 4.39 Å². The zero-order valence-corrected chi connectivity index (χ0v) is 14.4. The van der Waals surface area contributed by atoms with E-state index in [2.05, 4.69) is 6.92 Å². The van der Waals surface area contributed by atoms with Gasteiger partial charge in [0.05, 0.1) is 13.7 Å². The Morgan fingerprint density at radius 2 is 1.88 bits per heavy atom. The highest BCUT2D eigenvalue weighted by atomic mass is 19.1. The SMILES string of the molecule is CCCCOc1ccc(CC(CN)c2cc(F)ccc2OC)cc1. The molecular formula is C20H26FNO2. The second-order valence-corrected chi connectivity index (χ2v) is 5.87. The Morgan fingerprint density at radius 1 is 1.12 bits per heavy atom. The lowest BCUT2D eigenvalue weighted by molar-refractivity contribution is 0.309. The van der Waals surface area contributed by atoms with Crippen molar-refractivity contribution in [2.75, 3.05) is 20.3 Å². The zero-order valence-electron chi connectivity index (χ0n) is 14.4. The number of nitrogens with two attached hydrogens (primary N) is 1. The number of hydrogen-bond donors (Lipinski definition) is 1. The Bertz CT molecular complexity index is 628. The highest BCUT2D eigenvalue weighted by Crippen LogP contribution is 2.30. The molecule has 2 aromatic rings. The minimum Gasteiger partial charge on any atom is -0.496 e. The third-order valence-electron chi connectivity index (χ3n) is 4.09. The van der Waals surface area contributed by atoms with Crippen LogP contribution in [0, 0.1) is 5.82 Å². The zero-order chi connectivity index (χ0) is 17.4. The van der Waals surface area contributed by atoms with Crippen LogP contribution in [0.5, 0.6) is 11.5 Å². The van der Waals surface area contributed by atoms with Crippen LogP contribution in [0.15, 0.2) is 42.5 Å². The van der Waals surface area contributed by atoms with E-state index in [4.69, 9.17) is 15.2 Å². The molecule has 0 aliphatic rings. The number of benzene rings is 2. The lowest BCUT2D eigenvalue weighted by Crippen LogP contribution is -2.16. The van der Waals surface area contributed by atoms with Gasteiger partial charge in [0.2, 0.25) is 0 Å².